The predicted octanol–water partition coefficient (Wildman–Crippen LogP) is 5.55. The van der Waals surface area contributed by atoms with Crippen LogP contribution in [0.25, 0.3) is 0 Å². The predicted molar refractivity (Wildman–Crippen MR) is 143 cm³/mol. The molecule has 37 heavy (non-hydrogen) atoms. The Kier molecular flexibility index (Phi) is 5.55. The number of anilines is 1. The van der Waals surface area contributed by atoms with Gasteiger partial charge in [-0.3, -0.25) is 19.3 Å². The summed E-state index contributed by atoms with van der Waals surface area (Å²) in [7, 11) is 0. The summed E-state index contributed by atoms with van der Waals surface area (Å²) in [6, 6.07) is 21.4. The van der Waals surface area contributed by atoms with E-state index < -0.39 is 17.9 Å². The Labute approximate surface area is 217 Å². The van der Waals surface area contributed by atoms with Crippen LogP contribution >= 0.6 is 0 Å². The Hall–Kier alpha value is -3.73. The van der Waals surface area contributed by atoms with Crippen molar-refractivity contribution in [2.24, 2.45) is 17.8 Å². The van der Waals surface area contributed by atoms with Crippen molar-refractivity contribution in [1.82, 2.24) is 4.90 Å². The highest BCUT2D eigenvalue weighted by atomic mass is 16.2. The Bertz CT molecular complexity index is 1310. The molecule has 0 aromatic heterocycles. The van der Waals surface area contributed by atoms with Crippen LogP contribution in [-0.4, -0.2) is 28.7 Å². The number of hydrogen-bond acceptors (Lipinski definition) is 3. The molecule has 5 heteroatoms. The van der Waals surface area contributed by atoms with Crippen molar-refractivity contribution in [2.75, 3.05) is 5.32 Å². The second kappa shape index (κ2) is 8.69. The lowest BCUT2D eigenvalue weighted by atomic mass is 9.55. The van der Waals surface area contributed by atoms with Crippen molar-refractivity contribution < 1.29 is 14.4 Å². The van der Waals surface area contributed by atoms with Gasteiger partial charge in [0, 0.05) is 17.5 Å². The maximum absolute atomic E-state index is 14.2. The second-order valence-electron chi connectivity index (χ2n) is 11.2. The lowest BCUT2D eigenvalue weighted by molar-refractivity contribution is -0.147. The third kappa shape index (κ3) is 3.47. The molecule has 1 heterocycles. The van der Waals surface area contributed by atoms with Gasteiger partial charge in [-0.1, -0.05) is 80.6 Å². The number of likely N-dealkylation sites (tertiary alicyclic amines) is 1. The Balaban J connectivity index is 1.42. The minimum atomic E-state index is -0.852. The van der Waals surface area contributed by atoms with Gasteiger partial charge in [0.05, 0.1) is 11.8 Å². The molecule has 4 aliphatic rings. The Morgan fingerprint density at radius 3 is 1.59 bits per heavy atom. The Morgan fingerprint density at radius 1 is 0.757 bits per heavy atom. The molecular weight excluding hydrogens is 460 g/mol. The van der Waals surface area contributed by atoms with Gasteiger partial charge < -0.3 is 5.32 Å². The number of aryl methyl sites for hydroxylation is 2. The van der Waals surface area contributed by atoms with Crippen LogP contribution in [0, 0.1) is 31.6 Å². The SMILES string of the molecule is Cc1cccc(C)c1NC(=O)C(CC(C)C)N1C(=O)C2C3c4ccccc4C(c4ccccc43)C2C1=O. The highest BCUT2D eigenvalue weighted by molar-refractivity contribution is 6.12. The largest absolute Gasteiger partial charge is 0.324 e. The average Bonchev–Trinajstić information content (AvgIpc) is 3.15. The molecule has 0 radical (unpaired) electrons. The molecule has 1 N–H and O–H groups in total. The standard InChI is InChI=1S/C32H32N2O3/c1-17(2)16-24(30(35)33-29-18(3)10-9-11-19(29)4)34-31(36)27-25-20-12-5-6-13-21(20)26(28(27)32(34)37)23-15-8-7-14-22(23)25/h5-15,17,24-28H,16H2,1-4H3,(H,33,35). The van der Waals surface area contributed by atoms with Crippen LogP contribution in [0.3, 0.4) is 0 Å². The zero-order valence-electron chi connectivity index (χ0n) is 21.7. The third-order valence-electron chi connectivity index (χ3n) is 8.52. The number of rotatable bonds is 5. The molecular formula is C32H32N2O3. The first-order chi connectivity index (χ1) is 17.8. The number of carbonyl (C=O) groups excluding carboxylic acids is 3. The van der Waals surface area contributed by atoms with E-state index >= 15 is 0 Å². The van der Waals surface area contributed by atoms with E-state index in [1.807, 2.05) is 70.2 Å². The van der Waals surface area contributed by atoms with E-state index in [0.717, 1.165) is 39.1 Å². The number of para-hydroxylation sites is 1. The molecule has 3 atom stereocenters. The minimum Gasteiger partial charge on any atom is -0.324 e. The van der Waals surface area contributed by atoms with Crippen molar-refractivity contribution in [1.29, 1.82) is 0 Å². The molecule has 0 spiro atoms. The smallest absolute Gasteiger partial charge is 0.247 e. The van der Waals surface area contributed by atoms with Crippen molar-refractivity contribution in [2.45, 2.75) is 52.0 Å². The average molecular weight is 493 g/mol. The summed E-state index contributed by atoms with van der Waals surface area (Å²) in [6.07, 6.45) is 0.420. The van der Waals surface area contributed by atoms with Crippen molar-refractivity contribution in [3.05, 3.63) is 100 Å². The first-order valence-corrected chi connectivity index (χ1v) is 13.2. The fourth-order valence-corrected chi connectivity index (χ4v) is 7.00. The van der Waals surface area contributed by atoms with Crippen LogP contribution in [0.15, 0.2) is 66.7 Å². The fraction of sp³-hybridized carbons (Fsp3) is 0.344. The summed E-state index contributed by atoms with van der Waals surface area (Å²) in [5, 5.41) is 3.07. The molecule has 1 fully saturated rings. The zero-order chi connectivity index (χ0) is 26.0. The van der Waals surface area contributed by atoms with Gasteiger partial charge in [0.25, 0.3) is 0 Å². The molecule has 3 unspecified atom stereocenters. The van der Waals surface area contributed by atoms with Gasteiger partial charge in [-0.2, -0.15) is 0 Å². The van der Waals surface area contributed by atoms with E-state index in [4.69, 9.17) is 0 Å². The number of hydrogen-bond donors (Lipinski definition) is 1. The summed E-state index contributed by atoms with van der Waals surface area (Å²) in [5.41, 5.74) is 7.19. The second-order valence-corrected chi connectivity index (χ2v) is 11.2. The van der Waals surface area contributed by atoms with E-state index in [9.17, 15) is 14.4 Å². The quantitative estimate of drug-likeness (QED) is 0.475. The fourth-order valence-electron chi connectivity index (χ4n) is 7.00. The lowest BCUT2D eigenvalue weighted by Gasteiger charge is -2.45. The number of carbonyl (C=O) groups is 3. The summed E-state index contributed by atoms with van der Waals surface area (Å²) < 4.78 is 0. The lowest BCUT2D eigenvalue weighted by Crippen LogP contribution is -2.48. The monoisotopic (exact) mass is 492 g/mol. The summed E-state index contributed by atoms with van der Waals surface area (Å²) in [4.78, 5) is 43.5. The molecule has 0 saturated carbocycles. The van der Waals surface area contributed by atoms with Gasteiger partial charge in [-0.25, -0.2) is 0 Å². The van der Waals surface area contributed by atoms with Gasteiger partial charge >= 0.3 is 0 Å². The number of benzene rings is 3. The molecule has 3 aliphatic carbocycles. The Morgan fingerprint density at radius 2 is 1.19 bits per heavy atom. The highest BCUT2D eigenvalue weighted by Gasteiger charge is 2.63. The molecule has 188 valence electrons. The number of nitrogens with zero attached hydrogens (tertiary/aromatic N) is 1. The van der Waals surface area contributed by atoms with Crippen molar-refractivity contribution in [3.63, 3.8) is 0 Å². The molecule has 3 aromatic carbocycles. The van der Waals surface area contributed by atoms with E-state index in [2.05, 4.69) is 29.6 Å². The number of amides is 3. The normalized spacial score (nSPS) is 24.1. The van der Waals surface area contributed by atoms with E-state index in [1.54, 1.807) is 0 Å². The summed E-state index contributed by atoms with van der Waals surface area (Å²) in [5.74, 6) is -1.91. The van der Waals surface area contributed by atoms with Crippen LogP contribution in [0.1, 0.15) is 65.5 Å². The van der Waals surface area contributed by atoms with Gasteiger partial charge in [0.2, 0.25) is 17.7 Å². The topological polar surface area (TPSA) is 66.5 Å². The third-order valence-corrected chi connectivity index (χ3v) is 8.52. The van der Waals surface area contributed by atoms with Crippen molar-refractivity contribution in [3.8, 4) is 0 Å². The molecule has 7 rings (SSSR count). The van der Waals surface area contributed by atoms with Crippen LogP contribution in [-0.2, 0) is 14.4 Å². The molecule has 3 aromatic rings. The molecule has 2 bridgehead atoms. The van der Waals surface area contributed by atoms with Crippen molar-refractivity contribution >= 4 is 23.4 Å². The van der Waals surface area contributed by atoms with Crippen LogP contribution in [0.4, 0.5) is 5.69 Å². The molecule has 3 amide bonds. The number of imide groups is 1. The summed E-state index contributed by atoms with van der Waals surface area (Å²) in [6.45, 7) is 7.94. The maximum Gasteiger partial charge on any atom is 0.247 e. The first kappa shape index (κ1) is 23.7. The van der Waals surface area contributed by atoms with Crippen LogP contribution in [0.2, 0.25) is 0 Å². The molecule has 1 aliphatic heterocycles. The van der Waals surface area contributed by atoms with E-state index in [-0.39, 0.29) is 35.5 Å². The van der Waals surface area contributed by atoms with Gasteiger partial charge in [-0.05, 0) is 59.6 Å². The number of nitrogens with one attached hydrogen (secondary N) is 1. The van der Waals surface area contributed by atoms with Gasteiger partial charge in [0.1, 0.15) is 6.04 Å². The summed E-state index contributed by atoms with van der Waals surface area (Å²) >= 11 is 0. The van der Waals surface area contributed by atoms with Gasteiger partial charge in [0.15, 0.2) is 0 Å². The van der Waals surface area contributed by atoms with E-state index in [0.29, 0.717) is 6.42 Å². The minimum absolute atomic E-state index is 0.128. The molecule has 5 nitrogen and oxygen atoms in total. The van der Waals surface area contributed by atoms with Gasteiger partial charge in [-0.15, -0.1) is 0 Å². The highest BCUT2D eigenvalue weighted by Crippen LogP contribution is 2.61. The van der Waals surface area contributed by atoms with Crippen LogP contribution < -0.4 is 5.32 Å². The van der Waals surface area contributed by atoms with Crippen LogP contribution in [0.5, 0.6) is 0 Å². The van der Waals surface area contributed by atoms with E-state index in [1.165, 1.54) is 4.90 Å². The zero-order valence-corrected chi connectivity index (χ0v) is 21.7. The molecule has 1 saturated heterocycles. The first-order valence-electron chi connectivity index (χ1n) is 13.2. The maximum atomic E-state index is 14.2.